The topological polar surface area (TPSA) is 0 Å². The van der Waals surface area contributed by atoms with E-state index in [4.69, 9.17) is 11.6 Å². The molecule has 0 spiro atoms. The van der Waals surface area contributed by atoms with Crippen molar-refractivity contribution in [3.05, 3.63) is 33.6 Å². The van der Waals surface area contributed by atoms with Crippen molar-refractivity contribution in [3.8, 4) is 0 Å². The van der Waals surface area contributed by atoms with Crippen LogP contribution in [0.25, 0.3) is 10.1 Å². The molecule has 0 bridgehead atoms. The highest BCUT2D eigenvalue weighted by Crippen LogP contribution is 2.29. The molecule has 12 heavy (non-hydrogen) atoms. The lowest BCUT2D eigenvalue weighted by Gasteiger charge is -1.93. The predicted molar refractivity (Wildman–Crippen MR) is 59.1 cm³/mol. The van der Waals surface area contributed by atoms with E-state index in [1.807, 2.05) is 6.07 Å². The summed E-state index contributed by atoms with van der Waals surface area (Å²) in [7, 11) is 0. The number of thiophene rings is 1. The molecular weight excluding hydrogens is 256 g/mol. The van der Waals surface area contributed by atoms with E-state index in [-0.39, 0.29) is 0 Å². The van der Waals surface area contributed by atoms with Crippen LogP contribution in [0, 0.1) is 0 Å². The van der Waals surface area contributed by atoms with Gasteiger partial charge in [0, 0.05) is 15.1 Å². The van der Waals surface area contributed by atoms with Crippen molar-refractivity contribution >= 4 is 49.0 Å². The van der Waals surface area contributed by atoms with Crippen LogP contribution in [0.2, 0.25) is 0 Å². The van der Waals surface area contributed by atoms with Crippen LogP contribution < -0.4 is 0 Å². The normalized spacial score (nSPS) is 10.8. The first-order valence-electron chi connectivity index (χ1n) is 3.53. The van der Waals surface area contributed by atoms with Crippen LogP contribution in [-0.2, 0) is 5.88 Å². The van der Waals surface area contributed by atoms with Crippen molar-refractivity contribution in [2.24, 2.45) is 0 Å². The summed E-state index contributed by atoms with van der Waals surface area (Å²) < 4.78 is 2.41. The molecule has 62 valence electrons. The molecule has 0 aliphatic heterocycles. The Labute approximate surface area is 88.3 Å². The first-order valence-corrected chi connectivity index (χ1v) is 5.73. The van der Waals surface area contributed by atoms with Gasteiger partial charge in [0.1, 0.15) is 0 Å². The third-order valence-electron chi connectivity index (χ3n) is 1.76. The fourth-order valence-corrected chi connectivity index (χ4v) is 2.99. The van der Waals surface area contributed by atoms with Crippen LogP contribution in [0.5, 0.6) is 0 Å². The molecule has 0 aliphatic rings. The summed E-state index contributed by atoms with van der Waals surface area (Å²) in [6.45, 7) is 0. The van der Waals surface area contributed by atoms with Gasteiger partial charge < -0.3 is 0 Å². The van der Waals surface area contributed by atoms with E-state index in [2.05, 4.69) is 33.4 Å². The molecule has 1 aromatic heterocycles. The lowest BCUT2D eigenvalue weighted by atomic mass is 10.2. The van der Waals surface area contributed by atoms with E-state index in [9.17, 15) is 0 Å². The molecule has 0 N–H and O–H groups in total. The third-order valence-corrected chi connectivity index (χ3v) is 3.54. The van der Waals surface area contributed by atoms with Crippen molar-refractivity contribution in [1.82, 2.24) is 0 Å². The van der Waals surface area contributed by atoms with Crippen LogP contribution in [0.1, 0.15) is 5.56 Å². The molecule has 3 heteroatoms. The van der Waals surface area contributed by atoms with E-state index in [1.54, 1.807) is 11.3 Å². The Bertz CT molecular complexity index is 408. The second-order valence-corrected chi connectivity index (χ2v) is 4.63. The molecule has 0 unspecified atom stereocenters. The second-order valence-electron chi connectivity index (χ2n) is 2.54. The van der Waals surface area contributed by atoms with E-state index in [0.29, 0.717) is 5.88 Å². The largest absolute Gasteiger partial charge is 0.143 e. The van der Waals surface area contributed by atoms with Gasteiger partial charge in [0.05, 0.1) is 0 Å². The number of fused-ring (bicyclic) bond motifs is 1. The summed E-state index contributed by atoms with van der Waals surface area (Å²) in [5.74, 6) is 0.599. The zero-order valence-electron chi connectivity index (χ0n) is 6.18. The Morgan fingerprint density at radius 1 is 1.42 bits per heavy atom. The van der Waals surface area contributed by atoms with E-state index < -0.39 is 0 Å². The molecule has 0 saturated carbocycles. The molecule has 0 amide bonds. The summed E-state index contributed by atoms with van der Waals surface area (Å²) in [4.78, 5) is 0. The summed E-state index contributed by atoms with van der Waals surface area (Å²) >= 11 is 11.0. The quantitative estimate of drug-likeness (QED) is 0.667. The predicted octanol–water partition coefficient (Wildman–Crippen LogP) is 4.40. The molecular formula is C9H6BrClS. The van der Waals surface area contributed by atoms with Crippen molar-refractivity contribution in [2.75, 3.05) is 0 Å². The van der Waals surface area contributed by atoms with Gasteiger partial charge in [-0.2, -0.15) is 0 Å². The molecule has 1 heterocycles. The zero-order valence-corrected chi connectivity index (χ0v) is 9.34. The van der Waals surface area contributed by atoms with Crippen LogP contribution in [-0.4, -0.2) is 0 Å². The van der Waals surface area contributed by atoms with Gasteiger partial charge in [0.2, 0.25) is 0 Å². The van der Waals surface area contributed by atoms with Gasteiger partial charge in [-0.05, 0) is 28.5 Å². The molecule has 0 fully saturated rings. The van der Waals surface area contributed by atoms with Gasteiger partial charge in [-0.25, -0.2) is 0 Å². The number of hydrogen-bond acceptors (Lipinski definition) is 1. The maximum Gasteiger partial charge on any atom is 0.0488 e. The summed E-state index contributed by atoms with van der Waals surface area (Å²) in [5.41, 5.74) is 1.23. The fraction of sp³-hybridized carbons (Fsp3) is 0.111. The van der Waals surface area contributed by atoms with Crippen molar-refractivity contribution < 1.29 is 0 Å². The Hall–Kier alpha value is -0.0500. The number of halogens is 2. The van der Waals surface area contributed by atoms with Crippen LogP contribution >= 0.6 is 38.9 Å². The SMILES string of the molecule is ClCc1csc2cc(Br)ccc12. The van der Waals surface area contributed by atoms with E-state index in [0.717, 1.165) is 4.47 Å². The smallest absolute Gasteiger partial charge is 0.0488 e. The molecule has 2 rings (SSSR count). The minimum Gasteiger partial charge on any atom is -0.143 e. The maximum absolute atomic E-state index is 5.78. The maximum atomic E-state index is 5.78. The number of benzene rings is 1. The molecule has 2 aromatic rings. The summed E-state index contributed by atoms with van der Waals surface area (Å²) in [6.07, 6.45) is 0. The highest BCUT2D eigenvalue weighted by Gasteiger charge is 2.02. The fourth-order valence-electron chi connectivity index (χ4n) is 1.16. The molecule has 1 aromatic carbocycles. The monoisotopic (exact) mass is 260 g/mol. The first-order chi connectivity index (χ1) is 5.81. The van der Waals surface area contributed by atoms with Gasteiger partial charge >= 0.3 is 0 Å². The third kappa shape index (κ3) is 1.39. The van der Waals surface area contributed by atoms with Crippen LogP contribution in [0.4, 0.5) is 0 Å². The van der Waals surface area contributed by atoms with Crippen molar-refractivity contribution in [3.63, 3.8) is 0 Å². The Morgan fingerprint density at radius 3 is 3.00 bits per heavy atom. The standard InChI is InChI=1S/C9H6BrClS/c10-7-1-2-8-6(4-11)5-12-9(8)3-7/h1-3,5H,4H2. The van der Waals surface area contributed by atoms with Crippen molar-refractivity contribution in [2.45, 2.75) is 5.88 Å². The number of hydrogen-bond donors (Lipinski definition) is 0. The van der Waals surface area contributed by atoms with E-state index in [1.165, 1.54) is 15.6 Å². The van der Waals surface area contributed by atoms with Gasteiger partial charge in [-0.1, -0.05) is 22.0 Å². The van der Waals surface area contributed by atoms with Crippen LogP contribution in [0.15, 0.2) is 28.1 Å². The highest BCUT2D eigenvalue weighted by atomic mass is 79.9. The first kappa shape index (κ1) is 8.54. The van der Waals surface area contributed by atoms with Gasteiger partial charge in [-0.15, -0.1) is 22.9 Å². The van der Waals surface area contributed by atoms with Gasteiger partial charge in [0.15, 0.2) is 0 Å². The Balaban J connectivity index is 2.73. The average molecular weight is 262 g/mol. The van der Waals surface area contributed by atoms with Gasteiger partial charge in [0.25, 0.3) is 0 Å². The lowest BCUT2D eigenvalue weighted by molar-refractivity contribution is 1.50. The average Bonchev–Trinajstić information content (AvgIpc) is 2.46. The van der Waals surface area contributed by atoms with Crippen molar-refractivity contribution in [1.29, 1.82) is 0 Å². The second kappa shape index (κ2) is 3.36. The Morgan fingerprint density at radius 2 is 2.25 bits per heavy atom. The minimum absolute atomic E-state index is 0.599. The van der Waals surface area contributed by atoms with E-state index >= 15 is 0 Å². The summed E-state index contributed by atoms with van der Waals surface area (Å²) in [5, 5.41) is 3.39. The highest BCUT2D eigenvalue weighted by molar-refractivity contribution is 9.10. The zero-order chi connectivity index (χ0) is 8.55. The number of rotatable bonds is 1. The molecule has 0 radical (unpaired) electrons. The number of alkyl halides is 1. The Kier molecular flexibility index (Phi) is 2.40. The molecule has 0 atom stereocenters. The lowest BCUT2D eigenvalue weighted by Crippen LogP contribution is -1.71. The molecule has 0 saturated heterocycles. The van der Waals surface area contributed by atoms with Crippen LogP contribution in [0.3, 0.4) is 0 Å². The molecule has 0 nitrogen and oxygen atoms in total. The minimum atomic E-state index is 0.599. The van der Waals surface area contributed by atoms with Gasteiger partial charge in [-0.3, -0.25) is 0 Å². The molecule has 0 aliphatic carbocycles. The summed E-state index contributed by atoms with van der Waals surface area (Å²) in [6, 6.07) is 6.27.